The topological polar surface area (TPSA) is 0 Å². The summed E-state index contributed by atoms with van der Waals surface area (Å²) in [6.07, 6.45) is 0. The van der Waals surface area contributed by atoms with Gasteiger partial charge in [-0.1, -0.05) is 134 Å². The lowest BCUT2D eigenvalue weighted by molar-refractivity contribution is 0.601. The van der Waals surface area contributed by atoms with Gasteiger partial charge in [0.25, 0.3) is 0 Å². The Morgan fingerprint density at radius 1 is 0.340 bits per heavy atom. The highest BCUT2D eigenvalue weighted by Crippen LogP contribution is 2.67. The van der Waals surface area contributed by atoms with E-state index in [0.29, 0.717) is 0 Å². The van der Waals surface area contributed by atoms with Crippen LogP contribution < -0.4 is 0 Å². The molecule has 7 aromatic rings. The van der Waals surface area contributed by atoms with Crippen molar-refractivity contribution >= 4 is 21.5 Å². The lowest BCUT2D eigenvalue weighted by Crippen LogP contribution is -2.25. The highest BCUT2D eigenvalue weighted by atomic mass is 14.5. The Balaban J connectivity index is 1.25. The van der Waals surface area contributed by atoms with Gasteiger partial charge in [-0.2, -0.15) is 0 Å². The van der Waals surface area contributed by atoms with E-state index >= 15 is 0 Å². The Kier molecular flexibility index (Phi) is 5.00. The second-order valence-electron chi connectivity index (χ2n) is 17.7. The molecule has 11 rings (SSSR count). The fourth-order valence-electron chi connectivity index (χ4n) is 11.2. The maximum absolute atomic E-state index is 2.60. The first kappa shape index (κ1) is 28.9. The van der Waals surface area contributed by atoms with E-state index in [0.717, 1.165) is 0 Å². The number of fused-ring (bicyclic) bond motifs is 9. The monoisotopic (exact) mass is 642 g/mol. The van der Waals surface area contributed by atoms with E-state index in [4.69, 9.17) is 0 Å². The third kappa shape index (κ3) is 3.13. The summed E-state index contributed by atoms with van der Waals surface area (Å²) in [5.74, 6) is 0. The first-order valence-electron chi connectivity index (χ1n) is 18.4. The molecule has 7 aromatic carbocycles. The fourth-order valence-corrected chi connectivity index (χ4v) is 11.2. The molecule has 0 saturated heterocycles. The molecule has 0 N–H and O–H groups in total. The van der Waals surface area contributed by atoms with Crippen molar-refractivity contribution in [3.05, 3.63) is 154 Å². The largest absolute Gasteiger partial charge is 0.0619 e. The van der Waals surface area contributed by atoms with Crippen LogP contribution in [0.5, 0.6) is 0 Å². The average Bonchev–Trinajstić information content (AvgIpc) is 3.59. The zero-order chi connectivity index (χ0) is 34.3. The predicted molar refractivity (Wildman–Crippen MR) is 212 cm³/mol. The van der Waals surface area contributed by atoms with Crippen LogP contribution in [0.15, 0.2) is 109 Å². The standard InChI is InChI=1S/C50H42/c1-47(2)35-18-12-11-16-31(35)33-25-38-34(26-37(33)47)41-32-17-13-19-36-42(32)44-43-39(48(36,3)4)23-30(29-21-20-27-14-9-10-15-28(27)22-29)24-40(43)50(7,8)46(44)45(41)49(38,5)6/h9-26H,1-8H3. The minimum atomic E-state index is -0.161. The molecule has 0 spiro atoms. The van der Waals surface area contributed by atoms with Crippen LogP contribution in [0.25, 0.3) is 66.1 Å². The zero-order valence-corrected chi connectivity index (χ0v) is 30.4. The van der Waals surface area contributed by atoms with Crippen LogP contribution in [0.1, 0.15) is 99.9 Å². The molecule has 0 aromatic heterocycles. The van der Waals surface area contributed by atoms with Gasteiger partial charge in [-0.3, -0.25) is 0 Å². The molecule has 0 unspecified atom stereocenters. The molecule has 0 heterocycles. The van der Waals surface area contributed by atoms with Crippen LogP contribution in [0.3, 0.4) is 0 Å². The molecule has 242 valence electrons. The van der Waals surface area contributed by atoms with E-state index < -0.39 is 0 Å². The number of benzene rings is 7. The number of hydrogen-bond acceptors (Lipinski definition) is 0. The van der Waals surface area contributed by atoms with Crippen molar-refractivity contribution in [2.24, 2.45) is 0 Å². The highest BCUT2D eigenvalue weighted by Gasteiger charge is 2.52. The third-order valence-electron chi connectivity index (χ3n) is 13.7. The minimum absolute atomic E-state index is 0.0391. The fraction of sp³-hybridized carbons (Fsp3) is 0.240. The van der Waals surface area contributed by atoms with E-state index in [2.05, 4.69) is 165 Å². The molecule has 0 amide bonds. The minimum Gasteiger partial charge on any atom is -0.0619 e. The summed E-state index contributed by atoms with van der Waals surface area (Å²) < 4.78 is 0. The van der Waals surface area contributed by atoms with E-state index in [1.54, 1.807) is 11.1 Å². The van der Waals surface area contributed by atoms with Gasteiger partial charge in [0.2, 0.25) is 0 Å². The van der Waals surface area contributed by atoms with Crippen molar-refractivity contribution in [1.82, 2.24) is 0 Å². The normalized spacial score (nSPS) is 18.2. The van der Waals surface area contributed by atoms with Crippen LogP contribution in [-0.4, -0.2) is 0 Å². The van der Waals surface area contributed by atoms with Crippen molar-refractivity contribution in [3.63, 3.8) is 0 Å². The van der Waals surface area contributed by atoms with E-state index in [9.17, 15) is 0 Å². The van der Waals surface area contributed by atoms with Crippen molar-refractivity contribution < 1.29 is 0 Å². The molecule has 0 fully saturated rings. The molecule has 0 heteroatoms. The Labute approximate surface area is 295 Å². The summed E-state index contributed by atoms with van der Waals surface area (Å²) in [7, 11) is 0. The molecule has 0 bridgehead atoms. The molecular weight excluding hydrogens is 601 g/mol. The Morgan fingerprint density at radius 2 is 0.940 bits per heavy atom. The molecule has 0 aliphatic heterocycles. The smallest absolute Gasteiger partial charge is 0.0162 e. The van der Waals surface area contributed by atoms with Crippen LogP contribution in [0, 0.1) is 0 Å². The van der Waals surface area contributed by atoms with Crippen LogP contribution >= 0.6 is 0 Å². The second-order valence-corrected chi connectivity index (χ2v) is 17.7. The van der Waals surface area contributed by atoms with Crippen molar-refractivity contribution in [2.75, 3.05) is 0 Å². The van der Waals surface area contributed by atoms with Gasteiger partial charge in [-0.15, -0.1) is 0 Å². The third-order valence-corrected chi connectivity index (χ3v) is 13.7. The lowest BCUT2D eigenvalue weighted by Gasteiger charge is -2.36. The SMILES string of the molecule is CC1(C)c2ccccc2-c2cc3c(cc21)-c1c(c2c4c5c(cccc15)C(C)(C)c1cc(-c5ccc6ccccc6c5)cc(c1-4)C2(C)C)C3(C)C. The van der Waals surface area contributed by atoms with Crippen molar-refractivity contribution in [3.8, 4) is 44.5 Å². The van der Waals surface area contributed by atoms with Gasteiger partial charge in [0.1, 0.15) is 0 Å². The van der Waals surface area contributed by atoms with Crippen LogP contribution in [0.4, 0.5) is 0 Å². The summed E-state index contributed by atoms with van der Waals surface area (Å²) in [6.45, 7) is 19.8. The van der Waals surface area contributed by atoms with Gasteiger partial charge in [0.05, 0.1) is 0 Å². The van der Waals surface area contributed by atoms with E-state index in [-0.39, 0.29) is 21.7 Å². The summed E-state index contributed by atoms with van der Waals surface area (Å²) in [5, 5.41) is 5.49. The predicted octanol–water partition coefficient (Wildman–Crippen LogP) is 13.2. The first-order chi connectivity index (χ1) is 23.8. The van der Waals surface area contributed by atoms with Gasteiger partial charge in [0.15, 0.2) is 0 Å². The van der Waals surface area contributed by atoms with Gasteiger partial charge >= 0.3 is 0 Å². The summed E-state index contributed by atoms with van der Waals surface area (Å²) in [5.41, 5.74) is 22.8. The molecule has 0 atom stereocenters. The number of rotatable bonds is 1. The van der Waals surface area contributed by atoms with E-state index in [1.807, 2.05) is 0 Å². The van der Waals surface area contributed by atoms with Crippen LogP contribution in [-0.2, 0) is 21.7 Å². The lowest BCUT2D eigenvalue weighted by atomic mass is 9.66. The van der Waals surface area contributed by atoms with Crippen molar-refractivity contribution in [1.29, 1.82) is 0 Å². The zero-order valence-electron chi connectivity index (χ0n) is 30.4. The first-order valence-corrected chi connectivity index (χ1v) is 18.4. The van der Waals surface area contributed by atoms with Gasteiger partial charge in [0, 0.05) is 21.7 Å². The Hall–Kier alpha value is -4.94. The maximum atomic E-state index is 2.60. The molecule has 0 nitrogen and oxygen atoms in total. The average molecular weight is 643 g/mol. The second kappa shape index (κ2) is 8.67. The quantitative estimate of drug-likeness (QED) is 0.167. The van der Waals surface area contributed by atoms with Gasteiger partial charge < -0.3 is 0 Å². The summed E-state index contributed by atoms with van der Waals surface area (Å²) in [4.78, 5) is 0. The maximum Gasteiger partial charge on any atom is 0.0162 e. The Morgan fingerprint density at radius 3 is 1.74 bits per heavy atom. The van der Waals surface area contributed by atoms with Gasteiger partial charge in [-0.05, 0) is 141 Å². The van der Waals surface area contributed by atoms with Crippen LogP contribution in [0.2, 0.25) is 0 Å². The summed E-state index contributed by atoms with van der Waals surface area (Å²) in [6, 6.07) is 42.3. The molecule has 50 heavy (non-hydrogen) atoms. The Bertz CT molecular complexity index is 2740. The molecule has 4 aliphatic carbocycles. The molecular formula is C50H42. The molecule has 0 saturated carbocycles. The molecule has 4 aliphatic rings. The van der Waals surface area contributed by atoms with Crippen molar-refractivity contribution in [2.45, 2.75) is 77.0 Å². The summed E-state index contributed by atoms with van der Waals surface area (Å²) >= 11 is 0. The number of hydrogen-bond donors (Lipinski definition) is 0. The van der Waals surface area contributed by atoms with Gasteiger partial charge in [-0.25, -0.2) is 0 Å². The van der Waals surface area contributed by atoms with E-state index in [1.165, 1.54) is 99.4 Å². The highest BCUT2D eigenvalue weighted by molar-refractivity contribution is 6.17. The molecule has 0 radical (unpaired) electrons.